The molecular weight excluding hydrogens is 272 g/mol. The lowest BCUT2D eigenvalue weighted by Gasteiger charge is -2.20. The third-order valence-corrected chi connectivity index (χ3v) is 3.96. The molecule has 2 aliphatic rings. The van der Waals surface area contributed by atoms with Crippen LogP contribution in [-0.4, -0.2) is 34.9 Å². The van der Waals surface area contributed by atoms with Gasteiger partial charge < -0.3 is 10.1 Å². The Kier molecular flexibility index (Phi) is 3.16. The Morgan fingerprint density at radius 1 is 1.33 bits per heavy atom. The van der Waals surface area contributed by atoms with E-state index < -0.39 is 17.5 Å². The van der Waals surface area contributed by atoms with E-state index in [1.165, 1.54) is 0 Å². The van der Waals surface area contributed by atoms with Gasteiger partial charge in [0.2, 0.25) is 0 Å². The highest BCUT2D eigenvalue weighted by molar-refractivity contribution is 6.08. The molecule has 1 N–H and O–H groups in total. The maximum absolute atomic E-state index is 12.3. The average molecular weight is 288 g/mol. The van der Waals surface area contributed by atoms with Crippen molar-refractivity contribution in [2.45, 2.75) is 25.3 Å². The van der Waals surface area contributed by atoms with E-state index in [-0.39, 0.29) is 18.4 Å². The summed E-state index contributed by atoms with van der Waals surface area (Å²) in [7, 11) is 0. The van der Waals surface area contributed by atoms with Gasteiger partial charge in [-0.3, -0.25) is 9.69 Å². The van der Waals surface area contributed by atoms with Crippen LogP contribution in [0, 0.1) is 5.92 Å². The normalized spacial score (nSPS) is 24.9. The van der Waals surface area contributed by atoms with Crippen molar-refractivity contribution >= 4 is 17.9 Å². The van der Waals surface area contributed by atoms with Crippen LogP contribution >= 0.6 is 0 Å². The summed E-state index contributed by atoms with van der Waals surface area (Å²) in [4.78, 5) is 37.0. The minimum absolute atomic E-state index is 0.170. The number of para-hydroxylation sites is 1. The quantitative estimate of drug-likeness (QED) is 0.515. The molecule has 2 fully saturated rings. The molecule has 1 aromatic carbocycles. The summed E-state index contributed by atoms with van der Waals surface area (Å²) < 4.78 is 5.10. The van der Waals surface area contributed by atoms with Crippen LogP contribution in [0.5, 0.6) is 5.75 Å². The summed E-state index contributed by atoms with van der Waals surface area (Å²) in [6, 6.07) is 8.02. The van der Waals surface area contributed by atoms with Gasteiger partial charge in [0, 0.05) is 0 Å². The Bertz CT molecular complexity index is 597. The largest absolute Gasteiger partial charge is 0.425 e. The standard InChI is InChI=1S/C15H16N2O4/c1-15(10-7-8-10)13(19)17(14(20)16-15)9-12(18)21-11-5-3-2-4-6-11/h2-6,10H,7-9H2,1H3,(H,16,20)/t15-/m1/s1. The molecule has 1 aromatic rings. The number of nitrogens with zero attached hydrogens (tertiary/aromatic N) is 1. The van der Waals surface area contributed by atoms with Crippen molar-refractivity contribution in [3.05, 3.63) is 30.3 Å². The molecule has 1 heterocycles. The Hall–Kier alpha value is -2.37. The summed E-state index contributed by atoms with van der Waals surface area (Å²) >= 11 is 0. The van der Waals surface area contributed by atoms with Crippen LogP contribution in [0.3, 0.4) is 0 Å². The van der Waals surface area contributed by atoms with Crippen LogP contribution < -0.4 is 10.1 Å². The number of urea groups is 1. The third-order valence-electron chi connectivity index (χ3n) is 3.96. The second-order valence-electron chi connectivity index (χ2n) is 5.59. The van der Waals surface area contributed by atoms with Crippen LogP contribution in [-0.2, 0) is 9.59 Å². The summed E-state index contributed by atoms with van der Waals surface area (Å²) in [6.07, 6.45) is 1.84. The molecule has 3 rings (SSSR count). The van der Waals surface area contributed by atoms with Crippen LogP contribution in [0.4, 0.5) is 4.79 Å². The molecule has 110 valence electrons. The van der Waals surface area contributed by atoms with E-state index in [2.05, 4.69) is 5.32 Å². The second kappa shape index (κ2) is 4.87. The van der Waals surface area contributed by atoms with Crippen molar-refractivity contribution in [1.29, 1.82) is 0 Å². The highest BCUT2D eigenvalue weighted by Crippen LogP contribution is 2.42. The lowest BCUT2D eigenvalue weighted by atomic mass is 9.96. The Balaban J connectivity index is 1.66. The molecular formula is C15H16N2O4. The van der Waals surface area contributed by atoms with Gasteiger partial charge in [0.1, 0.15) is 17.8 Å². The highest BCUT2D eigenvalue weighted by atomic mass is 16.5. The minimum atomic E-state index is -0.871. The van der Waals surface area contributed by atoms with Crippen molar-refractivity contribution < 1.29 is 19.1 Å². The maximum Gasteiger partial charge on any atom is 0.331 e. The number of hydrogen-bond donors (Lipinski definition) is 1. The predicted octanol–water partition coefficient (Wildman–Crippen LogP) is 1.31. The molecule has 1 atom stereocenters. The number of amides is 3. The van der Waals surface area contributed by atoms with Gasteiger partial charge in [-0.2, -0.15) is 0 Å². The highest BCUT2D eigenvalue weighted by Gasteiger charge is 2.56. The van der Waals surface area contributed by atoms with Gasteiger partial charge in [-0.1, -0.05) is 18.2 Å². The Morgan fingerprint density at radius 2 is 2.00 bits per heavy atom. The SMILES string of the molecule is C[C@]1(C2CC2)NC(=O)N(CC(=O)Oc2ccccc2)C1=O. The molecule has 1 saturated carbocycles. The van der Waals surface area contributed by atoms with Crippen molar-refractivity contribution in [3.63, 3.8) is 0 Å². The van der Waals surface area contributed by atoms with Crippen LogP contribution in [0.25, 0.3) is 0 Å². The molecule has 0 radical (unpaired) electrons. The molecule has 6 heteroatoms. The van der Waals surface area contributed by atoms with E-state index in [9.17, 15) is 14.4 Å². The van der Waals surface area contributed by atoms with Crippen LogP contribution in [0.2, 0.25) is 0 Å². The number of imide groups is 1. The zero-order chi connectivity index (χ0) is 15.0. The maximum atomic E-state index is 12.3. The molecule has 0 spiro atoms. The topological polar surface area (TPSA) is 75.7 Å². The van der Waals surface area contributed by atoms with Crippen LogP contribution in [0.1, 0.15) is 19.8 Å². The number of carbonyl (C=O) groups is 3. The number of esters is 1. The van der Waals surface area contributed by atoms with E-state index in [1.54, 1.807) is 37.3 Å². The zero-order valence-electron chi connectivity index (χ0n) is 11.7. The van der Waals surface area contributed by atoms with Gasteiger partial charge in [0.05, 0.1) is 0 Å². The number of ether oxygens (including phenoxy) is 1. The van der Waals surface area contributed by atoms with Gasteiger partial charge in [-0.15, -0.1) is 0 Å². The second-order valence-corrected chi connectivity index (χ2v) is 5.59. The first kappa shape index (κ1) is 13.6. The summed E-state index contributed by atoms with van der Waals surface area (Å²) in [5, 5.41) is 2.69. The summed E-state index contributed by atoms with van der Waals surface area (Å²) in [5.74, 6) is -0.423. The van der Waals surface area contributed by atoms with Gasteiger partial charge in [0.15, 0.2) is 0 Å². The van der Waals surface area contributed by atoms with Gasteiger partial charge in [-0.05, 0) is 37.8 Å². The van der Waals surface area contributed by atoms with E-state index in [0.29, 0.717) is 5.75 Å². The number of nitrogens with one attached hydrogen (secondary N) is 1. The van der Waals surface area contributed by atoms with E-state index >= 15 is 0 Å². The molecule has 6 nitrogen and oxygen atoms in total. The summed E-state index contributed by atoms with van der Waals surface area (Å²) in [6.45, 7) is 1.34. The van der Waals surface area contributed by atoms with Crippen molar-refractivity contribution in [1.82, 2.24) is 10.2 Å². The van der Waals surface area contributed by atoms with Crippen molar-refractivity contribution in [3.8, 4) is 5.75 Å². The molecule has 21 heavy (non-hydrogen) atoms. The van der Waals surface area contributed by atoms with Gasteiger partial charge >= 0.3 is 12.0 Å². The fourth-order valence-corrected chi connectivity index (χ4v) is 2.58. The molecule has 1 aliphatic carbocycles. The average Bonchev–Trinajstić information content (AvgIpc) is 3.26. The molecule has 0 bridgehead atoms. The van der Waals surface area contributed by atoms with Gasteiger partial charge in [0.25, 0.3) is 5.91 Å². The fourth-order valence-electron chi connectivity index (χ4n) is 2.58. The first-order valence-corrected chi connectivity index (χ1v) is 6.90. The van der Waals surface area contributed by atoms with E-state index in [1.807, 2.05) is 0 Å². The number of benzene rings is 1. The molecule has 0 unspecified atom stereocenters. The predicted molar refractivity (Wildman–Crippen MR) is 73.5 cm³/mol. The number of hydrogen-bond acceptors (Lipinski definition) is 4. The smallest absolute Gasteiger partial charge is 0.331 e. The Morgan fingerprint density at radius 3 is 2.62 bits per heavy atom. The Labute approximate surface area is 122 Å². The minimum Gasteiger partial charge on any atom is -0.425 e. The third kappa shape index (κ3) is 2.49. The first-order valence-electron chi connectivity index (χ1n) is 6.90. The van der Waals surface area contributed by atoms with Crippen molar-refractivity contribution in [2.24, 2.45) is 5.92 Å². The number of carbonyl (C=O) groups excluding carboxylic acids is 3. The number of rotatable bonds is 4. The molecule has 0 aromatic heterocycles. The lowest BCUT2D eigenvalue weighted by Crippen LogP contribution is -2.46. The van der Waals surface area contributed by atoms with Crippen molar-refractivity contribution in [2.75, 3.05) is 6.54 Å². The first-order chi connectivity index (χ1) is 10.0. The van der Waals surface area contributed by atoms with E-state index in [4.69, 9.17) is 4.74 Å². The van der Waals surface area contributed by atoms with Crippen LogP contribution in [0.15, 0.2) is 30.3 Å². The molecule has 1 saturated heterocycles. The monoisotopic (exact) mass is 288 g/mol. The van der Waals surface area contributed by atoms with Gasteiger partial charge in [-0.25, -0.2) is 9.59 Å². The fraction of sp³-hybridized carbons (Fsp3) is 0.400. The lowest BCUT2D eigenvalue weighted by molar-refractivity contribution is -0.141. The summed E-state index contributed by atoms with van der Waals surface area (Å²) in [5.41, 5.74) is -0.871. The molecule has 3 amide bonds. The molecule has 1 aliphatic heterocycles. The van der Waals surface area contributed by atoms with E-state index in [0.717, 1.165) is 17.7 Å². The zero-order valence-corrected chi connectivity index (χ0v) is 11.7.